The molecule has 0 aromatic heterocycles. The van der Waals surface area contributed by atoms with Crippen molar-refractivity contribution in [2.45, 2.75) is 6.92 Å². The van der Waals surface area contributed by atoms with E-state index in [1.54, 1.807) is 6.92 Å². The van der Waals surface area contributed by atoms with Crippen LogP contribution in [0.25, 0.3) is 0 Å². The largest absolute Gasteiger partial charge is 0.481 e. The van der Waals surface area contributed by atoms with E-state index in [9.17, 15) is 9.59 Å². The number of carboxylic acid groups (broad SMARTS) is 1. The van der Waals surface area contributed by atoms with Crippen LogP contribution in [-0.2, 0) is 9.59 Å². The molecule has 2 heterocycles. The Balaban J connectivity index is 1.69. The number of piperazine rings is 1. The van der Waals surface area contributed by atoms with Crippen LogP contribution in [0.5, 0.6) is 0 Å². The molecule has 1 amide bonds. The third kappa shape index (κ3) is 3.45. The molecule has 1 atom stereocenters. The molecule has 2 fully saturated rings. The zero-order valence-electron chi connectivity index (χ0n) is 11.7. The number of hydrogen-bond acceptors (Lipinski definition) is 4. The molecule has 2 rings (SSSR count). The molecule has 6 heteroatoms. The van der Waals surface area contributed by atoms with Crippen molar-refractivity contribution in [2.24, 2.45) is 11.8 Å². The molecule has 2 aliphatic rings. The normalized spacial score (nSPS) is 24.0. The minimum absolute atomic E-state index is 0.175. The summed E-state index contributed by atoms with van der Waals surface area (Å²) in [7, 11) is 2.06. The van der Waals surface area contributed by atoms with Crippen molar-refractivity contribution < 1.29 is 14.7 Å². The van der Waals surface area contributed by atoms with Gasteiger partial charge in [0.25, 0.3) is 0 Å². The number of carbonyl (C=O) groups is 2. The average molecular weight is 269 g/mol. The molecule has 0 radical (unpaired) electrons. The molecule has 19 heavy (non-hydrogen) atoms. The number of likely N-dealkylation sites (N-methyl/N-ethyl adjacent to an activating group) is 1. The van der Waals surface area contributed by atoms with Crippen LogP contribution < -0.4 is 0 Å². The molecule has 0 aromatic carbocycles. The average Bonchev–Trinajstić information content (AvgIpc) is 2.33. The number of carbonyl (C=O) groups excluding carboxylic acids is 1. The summed E-state index contributed by atoms with van der Waals surface area (Å²) in [6, 6.07) is 0. The van der Waals surface area contributed by atoms with Crippen LogP contribution >= 0.6 is 0 Å². The van der Waals surface area contributed by atoms with Crippen LogP contribution in [-0.4, -0.2) is 84.5 Å². The summed E-state index contributed by atoms with van der Waals surface area (Å²) in [5.41, 5.74) is 0. The van der Waals surface area contributed by atoms with Crippen molar-refractivity contribution >= 4 is 11.9 Å². The zero-order valence-corrected chi connectivity index (χ0v) is 11.7. The van der Waals surface area contributed by atoms with Gasteiger partial charge in [-0.15, -0.1) is 0 Å². The second-order valence-corrected chi connectivity index (χ2v) is 5.77. The zero-order chi connectivity index (χ0) is 14.0. The summed E-state index contributed by atoms with van der Waals surface area (Å²) in [4.78, 5) is 29.1. The van der Waals surface area contributed by atoms with Crippen LogP contribution in [0.15, 0.2) is 0 Å². The lowest BCUT2D eigenvalue weighted by atomic mass is 9.87. The number of aliphatic carboxylic acids is 1. The fourth-order valence-electron chi connectivity index (χ4n) is 2.60. The van der Waals surface area contributed by atoms with Crippen molar-refractivity contribution in [3.05, 3.63) is 0 Å². The van der Waals surface area contributed by atoms with Gasteiger partial charge in [0.05, 0.1) is 12.5 Å². The molecule has 0 saturated carbocycles. The van der Waals surface area contributed by atoms with Crippen LogP contribution in [0.1, 0.15) is 6.92 Å². The van der Waals surface area contributed by atoms with Crippen LogP contribution in [0, 0.1) is 11.8 Å². The number of hydrogen-bond donors (Lipinski definition) is 1. The van der Waals surface area contributed by atoms with E-state index in [-0.39, 0.29) is 17.7 Å². The molecule has 6 nitrogen and oxygen atoms in total. The Bertz CT molecular complexity index is 347. The second kappa shape index (κ2) is 5.88. The van der Waals surface area contributed by atoms with Gasteiger partial charge in [-0.05, 0) is 13.0 Å². The molecule has 0 aromatic rings. The van der Waals surface area contributed by atoms with Gasteiger partial charge >= 0.3 is 5.97 Å². The first-order chi connectivity index (χ1) is 8.97. The van der Waals surface area contributed by atoms with E-state index >= 15 is 0 Å². The Kier molecular flexibility index (Phi) is 4.42. The van der Waals surface area contributed by atoms with Crippen molar-refractivity contribution in [3.8, 4) is 0 Å². The van der Waals surface area contributed by atoms with Gasteiger partial charge in [-0.25, -0.2) is 0 Å². The van der Waals surface area contributed by atoms with Gasteiger partial charge in [0, 0.05) is 39.3 Å². The highest BCUT2D eigenvalue weighted by molar-refractivity contribution is 5.78. The van der Waals surface area contributed by atoms with E-state index in [1.165, 1.54) is 0 Å². The molecule has 108 valence electrons. The number of likely N-dealkylation sites (tertiary alicyclic amines) is 1. The van der Waals surface area contributed by atoms with E-state index in [4.69, 9.17) is 5.11 Å². The Hall–Kier alpha value is -1.14. The Morgan fingerprint density at radius 2 is 1.79 bits per heavy atom. The number of rotatable bonds is 4. The summed E-state index contributed by atoms with van der Waals surface area (Å²) >= 11 is 0. The summed E-state index contributed by atoms with van der Waals surface area (Å²) in [5.74, 6) is -0.683. The topological polar surface area (TPSA) is 64.1 Å². The van der Waals surface area contributed by atoms with Crippen molar-refractivity contribution in [2.75, 3.05) is 52.9 Å². The fourth-order valence-corrected chi connectivity index (χ4v) is 2.60. The first-order valence-electron chi connectivity index (χ1n) is 6.89. The predicted molar refractivity (Wildman–Crippen MR) is 70.8 cm³/mol. The van der Waals surface area contributed by atoms with Gasteiger partial charge in [-0.1, -0.05) is 6.92 Å². The van der Waals surface area contributed by atoms with E-state index in [0.717, 1.165) is 39.3 Å². The van der Waals surface area contributed by atoms with Crippen LogP contribution in [0.3, 0.4) is 0 Å². The van der Waals surface area contributed by atoms with Gasteiger partial charge in [-0.2, -0.15) is 0 Å². The maximum atomic E-state index is 12.1. The van der Waals surface area contributed by atoms with Gasteiger partial charge in [0.15, 0.2) is 0 Å². The third-order valence-electron chi connectivity index (χ3n) is 4.30. The van der Waals surface area contributed by atoms with Crippen molar-refractivity contribution in [1.29, 1.82) is 0 Å². The van der Waals surface area contributed by atoms with Gasteiger partial charge < -0.3 is 14.9 Å². The summed E-state index contributed by atoms with van der Waals surface area (Å²) in [6.45, 7) is 7.12. The van der Waals surface area contributed by atoms with Gasteiger partial charge in [0.1, 0.15) is 0 Å². The number of amides is 1. The minimum atomic E-state index is -0.741. The summed E-state index contributed by atoms with van der Waals surface area (Å²) in [6.07, 6.45) is 0. The monoisotopic (exact) mass is 269 g/mol. The maximum absolute atomic E-state index is 12.1. The van der Waals surface area contributed by atoms with Crippen molar-refractivity contribution in [3.63, 3.8) is 0 Å². The lowest BCUT2D eigenvalue weighted by Crippen LogP contribution is -2.56. The third-order valence-corrected chi connectivity index (χ3v) is 4.30. The van der Waals surface area contributed by atoms with Gasteiger partial charge in [-0.3, -0.25) is 14.5 Å². The van der Waals surface area contributed by atoms with E-state index < -0.39 is 5.97 Å². The summed E-state index contributed by atoms with van der Waals surface area (Å²) < 4.78 is 0. The summed E-state index contributed by atoms with van der Waals surface area (Å²) in [5, 5.41) is 8.92. The molecule has 0 aliphatic carbocycles. The Morgan fingerprint density at radius 3 is 2.32 bits per heavy atom. The Labute approximate surface area is 114 Å². The lowest BCUT2D eigenvalue weighted by Gasteiger charge is -2.42. The standard InChI is InChI=1S/C13H23N3O3/c1-10(13(18)19)11-7-15(8-11)9-12(17)16-5-3-14(2)4-6-16/h10-11H,3-9H2,1-2H3,(H,18,19). The molecule has 1 N–H and O–H groups in total. The smallest absolute Gasteiger partial charge is 0.306 e. The first-order valence-corrected chi connectivity index (χ1v) is 6.89. The fraction of sp³-hybridized carbons (Fsp3) is 0.846. The Morgan fingerprint density at radius 1 is 1.21 bits per heavy atom. The molecule has 2 aliphatic heterocycles. The minimum Gasteiger partial charge on any atom is -0.481 e. The molecular formula is C13H23N3O3. The van der Waals surface area contributed by atoms with Crippen LogP contribution in [0.4, 0.5) is 0 Å². The first kappa shape index (κ1) is 14.3. The molecule has 1 unspecified atom stereocenters. The number of nitrogens with zero attached hydrogens (tertiary/aromatic N) is 3. The molecule has 0 spiro atoms. The maximum Gasteiger partial charge on any atom is 0.306 e. The lowest BCUT2D eigenvalue weighted by molar-refractivity contribution is -0.146. The van der Waals surface area contributed by atoms with E-state index in [1.807, 2.05) is 9.80 Å². The second-order valence-electron chi connectivity index (χ2n) is 5.77. The highest BCUT2D eigenvalue weighted by Gasteiger charge is 2.36. The van der Waals surface area contributed by atoms with Crippen LogP contribution in [0.2, 0.25) is 0 Å². The quantitative estimate of drug-likeness (QED) is 0.739. The number of carboxylic acids is 1. The van der Waals surface area contributed by atoms with Gasteiger partial charge in [0.2, 0.25) is 5.91 Å². The molecule has 0 bridgehead atoms. The highest BCUT2D eigenvalue weighted by Crippen LogP contribution is 2.23. The highest BCUT2D eigenvalue weighted by atomic mass is 16.4. The predicted octanol–water partition coefficient (Wildman–Crippen LogP) is -0.587. The molecule has 2 saturated heterocycles. The molecular weight excluding hydrogens is 246 g/mol. The van der Waals surface area contributed by atoms with E-state index in [2.05, 4.69) is 11.9 Å². The van der Waals surface area contributed by atoms with E-state index in [0.29, 0.717) is 6.54 Å². The SMILES string of the molecule is CC(C(=O)O)C1CN(CC(=O)N2CCN(C)CC2)C1. The van der Waals surface area contributed by atoms with Crippen molar-refractivity contribution in [1.82, 2.24) is 14.7 Å².